The number of ether oxygens (including phenoxy) is 1. The maximum atomic E-state index is 13.6. The van der Waals surface area contributed by atoms with Crippen molar-refractivity contribution in [3.63, 3.8) is 0 Å². The molecule has 1 atom stereocenters. The van der Waals surface area contributed by atoms with Crippen LogP contribution < -0.4 is 10.6 Å². The lowest BCUT2D eigenvalue weighted by molar-refractivity contribution is 0.183. The second-order valence-electron chi connectivity index (χ2n) is 3.71. The molecule has 1 aromatic rings. The number of halogens is 2. The van der Waals surface area contributed by atoms with Crippen molar-refractivity contribution in [2.75, 3.05) is 31.4 Å². The predicted octanol–water partition coefficient (Wildman–Crippen LogP) is 2.02. The topological polar surface area (TPSA) is 38.5 Å². The first-order valence-electron chi connectivity index (χ1n) is 4.94. The number of anilines is 2. The summed E-state index contributed by atoms with van der Waals surface area (Å²) in [5, 5.41) is 0. The van der Waals surface area contributed by atoms with E-state index in [2.05, 4.69) is 0 Å². The minimum absolute atomic E-state index is 0.0737. The Labute approximate surface area is 93.8 Å². The fourth-order valence-electron chi connectivity index (χ4n) is 1.49. The van der Waals surface area contributed by atoms with Crippen LogP contribution in [0.3, 0.4) is 0 Å². The number of nitrogen functional groups attached to an aromatic ring is 1. The van der Waals surface area contributed by atoms with Crippen molar-refractivity contribution in [2.45, 2.75) is 13.0 Å². The Morgan fingerprint density at radius 1 is 1.44 bits per heavy atom. The van der Waals surface area contributed by atoms with Gasteiger partial charge in [-0.05, 0) is 19.1 Å². The van der Waals surface area contributed by atoms with Crippen molar-refractivity contribution in [3.8, 4) is 0 Å². The van der Waals surface area contributed by atoms with E-state index in [1.807, 2.05) is 6.92 Å². The third-order valence-corrected chi connectivity index (χ3v) is 2.52. The zero-order valence-corrected chi connectivity index (χ0v) is 9.63. The Bertz CT molecular complexity index is 371. The zero-order valence-electron chi connectivity index (χ0n) is 9.63. The lowest BCUT2D eigenvalue weighted by Gasteiger charge is -2.28. The molecule has 0 fully saturated rings. The summed E-state index contributed by atoms with van der Waals surface area (Å²) in [5.41, 5.74) is 5.92. The Morgan fingerprint density at radius 2 is 2.06 bits per heavy atom. The lowest BCUT2D eigenvalue weighted by atomic mass is 10.2. The number of hydrogen-bond acceptors (Lipinski definition) is 3. The average molecular weight is 230 g/mol. The van der Waals surface area contributed by atoms with E-state index in [1.54, 1.807) is 19.1 Å². The first kappa shape index (κ1) is 12.7. The molecule has 0 aromatic heterocycles. The van der Waals surface area contributed by atoms with E-state index in [4.69, 9.17) is 10.5 Å². The third-order valence-electron chi connectivity index (χ3n) is 2.52. The molecule has 2 N–H and O–H groups in total. The molecular weight excluding hydrogens is 214 g/mol. The SMILES string of the molecule is COCC(C)N(C)c1c(N)ccc(F)c1F. The van der Waals surface area contributed by atoms with Gasteiger partial charge in [0.2, 0.25) is 0 Å². The lowest BCUT2D eigenvalue weighted by Crippen LogP contribution is -2.34. The molecule has 0 amide bonds. The molecule has 3 nitrogen and oxygen atoms in total. The first-order chi connectivity index (χ1) is 7.49. The average Bonchev–Trinajstić information content (AvgIpc) is 2.24. The Hall–Kier alpha value is -1.36. The molecule has 0 bridgehead atoms. The maximum absolute atomic E-state index is 13.6. The highest BCUT2D eigenvalue weighted by atomic mass is 19.2. The summed E-state index contributed by atoms with van der Waals surface area (Å²) < 4.78 is 31.6. The van der Waals surface area contributed by atoms with Gasteiger partial charge >= 0.3 is 0 Å². The summed E-state index contributed by atoms with van der Waals surface area (Å²) in [5.74, 6) is -1.83. The van der Waals surface area contributed by atoms with Crippen LogP contribution in [0.15, 0.2) is 12.1 Å². The van der Waals surface area contributed by atoms with Crippen molar-refractivity contribution in [1.29, 1.82) is 0 Å². The van der Waals surface area contributed by atoms with Crippen LogP contribution in [0.5, 0.6) is 0 Å². The van der Waals surface area contributed by atoms with Gasteiger partial charge in [0.1, 0.15) is 0 Å². The molecule has 0 aliphatic rings. The van der Waals surface area contributed by atoms with E-state index in [1.165, 1.54) is 6.07 Å². The van der Waals surface area contributed by atoms with Crippen molar-refractivity contribution in [3.05, 3.63) is 23.8 Å². The summed E-state index contributed by atoms with van der Waals surface area (Å²) in [6.45, 7) is 2.25. The number of hydrogen-bond donors (Lipinski definition) is 1. The molecule has 0 saturated carbocycles. The van der Waals surface area contributed by atoms with Gasteiger partial charge in [-0.1, -0.05) is 0 Å². The van der Waals surface area contributed by atoms with E-state index in [-0.39, 0.29) is 17.4 Å². The van der Waals surface area contributed by atoms with E-state index in [0.29, 0.717) is 6.61 Å². The van der Waals surface area contributed by atoms with Crippen LogP contribution in [0.25, 0.3) is 0 Å². The second-order valence-corrected chi connectivity index (χ2v) is 3.71. The molecule has 0 spiro atoms. The van der Waals surface area contributed by atoms with Crippen LogP contribution >= 0.6 is 0 Å². The van der Waals surface area contributed by atoms with Crippen molar-refractivity contribution in [1.82, 2.24) is 0 Å². The smallest absolute Gasteiger partial charge is 0.184 e. The van der Waals surface area contributed by atoms with Gasteiger partial charge < -0.3 is 15.4 Å². The number of rotatable bonds is 4. The van der Waals surface area contributed by atoms with Crippen LogP contribution in [0.2, 0.25) is 0 Å². The second kappa shape index (κ2) is 5.12. The van der Waals surface area contributed by atoms with Gasteiger partial charge in [-0.25, -0.2) is 8.78 Å². The zero-order chi connectivity index (χ0) is 12.3. The van der Waals surface area contributed by atoms with Gasteiger partial charge in [0, 0.05) is 20.2 Å². The van der Waals surface area contributed by atoms with E-state index in [9.17, 15) is 8.78 Å². The maximum Gasteiger partial charge on any atom is 0.184 e. The van der Waals surface area contributed by atoms with Crippen molar-refractivity contribution >= 4 is 11.4 Å². The molecule has 0 aliphatic heterocycles. The fourth-order valence-corrected chi connectivity index (χ4v) is 1.49. The van der Waals surface area contributed by atoms with Gasteiger partial charge in [0.25, 0.3) is 0 Å². The first-order valence-corrected chi connectivity index (χ1v) is 4.94. The summed E-state index contributed by atoms with van der Waals surface area (Å²) in [4.78, 5) is 1.57. The number of likely N-dealkylation sites (N-methyl/N-ethyl adjacent to an activating group) is 1. The normalized spacial score (nSPS) is 12.6. The van der Waals surface area contributed by atoms with Crippen LogP contribution in [-0.4, -0.2) is 26.8 Å². The molecule has 1 rings (SSSR count). The number of benzene rings is 1. The Morgan fingerprint density at radius 3 is 2.62 bits per heavy atom. The van der Waals surface area contributed by atoms with Gasteiger partial charge in [-0.2, -0.15) is 0 Å². The largest absolute Gasteiger partial charge is 0.397 e. The van der Waals surface area contributed by atoms with E-state index < -0.39 is 11.6 Å². The van der Waals surface area contributed by atoms with Gasteiger partial charge in [0.05, 0.1) is 18.0 Å². The summed E-state index contributed by atoms with van der Waals surface area (Å²) in [6, 6.07) is 2.27. The molecular formula is C11H16F2N2O. The molecule has 0 saturated heterocycles. The predicted molar refractivity (Wildman–Crippen MR) is 60.5 cm³/mol. The van der Waals surface area contributed by atoms with Gasteiger partial charge in [0.15, 0.2) is 11.6 Å². The molecule has 5 heteroatoms. The van der Waals surface area contributed by atoms with Gasteiger partial charge in [-0.3, -0.25) is 0 Å². The third kappa shape index (κ3) is 2.41. The highest BCUT2D eigenvalue weighted by Crippen LogP contribution is 2.28. The molecule has 0 heterocycles. The Balaban J connectivity index is 3.07. The molecule has 90 valence electrons. The molecule has 1 unspecified atom stereocenters. The molecule has 0 aliphatic carbocycles. The quantitative estimate of drug-likeness (QED) is 0.804. The van der Waals surface area contributed by atoms with Crippen LogP contribution in [0, 0.1) is 11.6 Å². The van der Waals surface area contributed by atoms with Crippen LogP contribution in [-0.2, 0) is 4.74 Å². The van der Waals surface area contributed by atoms with E-state index in [0.717, 1.165) is 6.07 Å². The number of methoxy groups -OCH3 is 1. The highest BCUT2D eigenvalue weighted by molar-refractivity contribution is 5.68. The molecule has 1 aromatic carbocycles. The van der Waals surface area contributed by atoms with Crippen LogP contribution in [0.4, 0.5) is 20.2 Å². The van der Waals surface area contributed by atoms with Crippen LogP contribution in [0.1, 0.15) is 6.92 Å². The highest BCUT2D eigenvalue weighted by Gasteiger charge is 2.19. The minimum atomic E-state index is -0.926. The summed E-state index contributed by atoms with van der Waals surface area (Å²) in [7, 11) is 3.20. The summed E-state index contributed by atoms with van der Waals surface area (Å²) >= 11 is 0. The summed E-state index contributed by atoms with van der Waals surface area (Å²) in [6.07, 6.45) is 0. The van der Waals surface area contributed by atoms with Gasteiger partial charge in [-0.15, -0.1) is 0 Å². The Kier molecular flexibility index (Phi) is 4.06. The van der Waals surface area contributed by atoms with Crippen molar-refractivity contribution < 1.29 is 13.5 Å². The minimum Gasteiger partial charge on any atom is -0.397 e. The number of nitrogens with zero attached hydrogens (tertiary/aromatic N) is 1. The van der Waals surface area contributed by atoms with E-state index >= 15 is 0 Å². The molecule has 16 heavy (non-hydrogen) atoms. The standard InChI is InChI=1S/C11H16F2N2O/c1-7(6-16-3)15(2)11-9(14)5-4-8(12)10(11)13/h4-5,7H,6,14H2,1-3H3. The molecule has 0 radical (unpaired) electrons. The fraction of sp³-hybridized carbons (Fsp3) is 0.455. The monoisotopic (exact) mass is 230 g/mol. The number of nitrogens with two attached hydrogens (primary N) is 1. The van der Waals surface area contributed by atoms with Crippen molar-refractivity contribution in [2.24, 2.45) is 0 Å².